The number of hydrogen-bond donors (Lipinski definition) is 0. The smallest absolute Gasteiger partial charge is 0.275 e. The maximum atomic E-state index is 12.9. The highest BCUT2D eigenvalue weighted by molar-refractivity contribution is 6.46. The molecule has 1 atom stereocenters. The lowest BCUT2D eigenvalue weighted by Gasteiger charge is -2.16. The van der Waals surface area contributed by atoms with Gasteiger partial charge >= 0.3 is 0 Å². The molecule has 1 heterocycles. The molecule has 1 aliphatic heterocycles. The molecule has 5 heteroatoms. The van der Waals surface area contributed by atoms with Crippen LogP contribution in [-0.2, 0) is 0 Å². The summed E-state index contributed by atoms with van der Waals surface area (Å²) in [4.78, 5) is 25.7. The van der Waals surface area contributed by atoms with Gasteiger partial charge in [-0.2, -0.15) is 10.4 Å². The minimum Gasteiger partial charge on any atom is -0.287 e. The molecule has 0 saturated carbocycles. The second-order valence-electron chi connectivity index (χ2n) is 7.13. The minimum atomic E-state index is -0.775. The van der Waals surface area contributed by atoms with Crippen LogP contribution < -0.4 is 0 Å². The van der Waals surface area contributed by atoms with Crippen LogP contribution in [0.15, 0.2) is 41.5 Å². The van der Waals surface area contributed by atoms with Gasteiger partial charge in [-0.3, -0.25) is 9.59 Å². The lowest BCUT2D eigenvalue weighted by molar-refractivity contribution is 0.0745. The Morgan fingerprint density at radius 2 is 1.41 bits per heavy atom. The first-order valence-electron chi connectivity index (χ1n) is 8.80. The van der Waals surface area contributed by atoms with Crippen molar-refractivity contribution in [2.45, 2.75) is 40.2 Å². The van der Waals surface area contributed by atoms with Crippen LogP contribution in [0.1, 0.15) is 49.4 Å². The van der Waals surface area contributed by atoms with E-state index in [0.29, 0.717) is 11.1 Å². The summed E-state index contributed by atoms with van der Waals surface area (Å²) in [5, 5.41) is 14.9. The normalized spacial score (nSPS) is 16.0. The summed E-state index contributed by atoms with van der Waals surface area (Å²) >= 11 is 0. The molecular weight excluding hydrogens is 338 g/mol. The zero-order chi connectivity index (χ0) is 19.7. The van der Waals surface area contributed by atoms with Crippen molar-refractivity contribution in [1.82, 2.24) is 5.01 Å². The highest BCUT2D eigenvalue weighted by Crippen LogP contribution is 2.22. The van der Waals surface area contributed by atoms with E-state index in [1.54, 1.807) is 24.3 Å². The van der Waals surface area contributed by atoms with Crippen molar-refractivity contribution < 1.29 is 9.59 Å². The van der Waals surface area contributed by atoms with Crippen LogP contribution in [0.5, 0.6) is 0 Å². The van der Waals surface area contributed by atoms with E-state index in [1.807, 2.05) is 39.8 Å². The van der Waals surface area contributed by atoms with Crippen LogP contribution in [0.25, 0.3) is 0 Å². The van der Waals surface area contributed by atoms with E-state index in [-0.39, 0.29) is 23.8 Å². The number of carbonyl (C=O) groups excluding carboxylic acids is 2. The molecule has 0 unspecified atom stereocenters. The molecule has 2 aromatic rings. The molecule has 3 rings (SSSR count). The maximum Gasteiger partial charge on any atom is 0.275 e. The van der Waals surface area contributed by atoms with Gasteiger partial charge < -0.3 is 0 Å². The first-order chi connectivity index (χ1) is 12.8. The van der Waals surface area contributed by atoms with E-state index >= 15 is 0 Å². The minimum absolute atomic E-state index is 0.138. The SMILES string of the molecule is Cc1cc(C)cc(C(=O)C2=NN(C(=O)c3cc(C)cc(C)c3)[C@@H](C#N)C2)c1. The fourth-order valence-electron chi connectivity index (χ4n) is 3.44. The number of Topliss-reactive ketones (excluding diaryl/α,β-unsaturated/α-hetero) is 1. The second kappa shape index (κ2) is 7.16. The molecule has 0 bridgehead atoms. The van der Waals surface area contributed by atoms with Crippen molar-refractivity contribution in [3.63, 3.8) is 0 Å². The third-order valence-corrected chi connectivity index (χ3v) is 4.48. The number of nitrogens with zero attached hydrogens (tertiary/aromatic N) is 3. The number of aryl methyl sites for hydroxylation is 4. The quantitative estimate of drug-likeness (QED) is 0.780. The highest BCUT2D eigenvalue weighted by atomic mass is 16.2. The molecule has 0 saturated heterocycles. The monoisotopic (exact) mass is 359 g/mol. The zero-order valence-electron chi connectivity index (χ0n) is 15.9. The van der Waals surface area contributed by atoms with E-state index in [4.69, 9.17) is 0 Å². The molecule has 136 valence electrons. The number of hydrazone groups is 1. The maximum absolute atomic E-state index is 12.9. The molecule has 1 amide bonds. The van der Waals surface area contributed by atoms with Crippen molar-refractivity contribution in [1.29, 1.82) is 5.26 Å². The van der Waals surface area contributed by atoms with Gasteiger partial charge in [0.05, 0.1) is 6.07 Å². The Morgan fingerprint density at radius 1 is 0.926 bits per heavy atom. The number of hydrogen-bond acceptors (Lipinski definition) is 4. The Morgan fingerprint density at radius 3 is 1.89 bits per heavy atom. The molecule has 0 spiro atoms. The molecule has 0 aromatic heterocycles. The van der Waals surface area contributed by atoms with Gasteiger partial charge in [-0.25, -0.2) is 5.01 Å². The molecule has 0 fully saturated rings. The van der Waals surface area contributed by atoms with E-state index in [0.717, 1.165) is 27.3 Å². The second-order valence-corrected chi connectivity index (χ2v) is 7.13. The molecular formula is C22H21N3O2. The van der Waals surface area contributed by atoms with Gasteiger partial charge in [0.1, 0.15) is 11.8 Å². The molecule has 0 N–H and O–H groups in total. The standard InChI is InChI=1S/C22H21N3O2/c1-13-5-14(2)8-17(7-13)21(26)20-11-19(12-23)25(24-20)22(27)18-9-15(3)6-16(4)10-18/h5-10,19H,11H2,1-4H3/t19-/m1/s1. The molecule has 27 heavy (non-hydrogen) atoms. The van der Waals surface area contributed by atoms with Crippen molar-refractivity contribution in [2.75, 3.05) is 0 Å². The largest absolute Gasteiger partial charge is 0.287 e. The molecule has 0 aliphatic carbocycles. The summed E-state index contributed by atoms with van der Waals surface area (Å²) in [5.74, 6) is -0.602. The topological polar surface area (TPSA) is 73.5 Å². The van der Waals surface area contributed by atoms with Crippen LogP contribution in [-0.4, -0.2) is 28.5 Å². The first kappa shape index (κ1) is 18.5. The van der Waals surface area contributed by atoms with Gasteiger partial charge in [0.2, 0.25) is 5.78 Å². The third kappa shape index (κ3) is 3.80. The highest BCUT2D eigenvalue weighted by Gasteiger charge is 2.35. The van der Waals surface area contributed by atoms with Crippen LogP contribution in [0, 0.1) is 39.0 Å². The predicted molar refractivity (Wildman–Crippen MR) is 104 cm³/mol. The Kier molecular flexibility index (Phi) is 4.91. The summed E-state index contributed by atoms with van der Waals surface area (Å²) in [5.41, 5.74) is 5.13. The summed E-state index contributed by atoms with van der Waals surface area (Å²) in [6.07, 6.45) is 0.138. The number of carbonyl (C=O) groups is 2. The van der Waals surface area contributed by atoms with E-state index in [9.17, 15) is 14.9 Å². The van der Waals surface area contributed by atoms with Crippen molar-refractivity contribution in [3.8, 4) is 6.07 Å². The van der Waals surface area contributed by atoms with Crippen LogP contribution >= 0.6 is 0 Å². The van der Waals surface area contributed by atoms with Crippen molar-refractivity contribution in [2.24, 2.45) is 5.10 Å². The fraction of sp³-hybridized carbons (Fsp3) is 0.273. The van der Waals surface area contributed by atoms with Crippen LogP contribution in [0.3, 0.4) is 0 Å². The van der Waals surface area contributed by atoms with Gasteiger partial charge in [0.15, 0.2) is 0 Å². The molecule has 0 radical (unpaired) electrons. The first-order valence-corrected chi connectivity index (χ1v) is 8.80. The summed E-state index contributed by atoms with van der Waals surface area (Å²) < 4.78 is 0. The van der Waals surface area contributed by atoms with Gasteiger partial charge in [0, 0.05) is 17.5 Å². The summed E-state index contributed by atoms with van der Waals surface area (Å²) in [6.45, 7) is 7.67. The lowest BCUT2D eigenvalue weighted by Crippen LogP contribution is -2.31. The Balaban J connectivity index is 1.94. The number of rotatable bonds is 3. The van der Waals surface area contributed by atoms with Gasteiger partial charge in [0.25, 0.3) is 5.91 Å². The Bertz CT molecular complexity index is 974. The summed E-state index contributed by atoms with van der Waals surface area (Å²) in [6, 6.07) is 12.4. The predicted octanol–water partition coefficient (Wildman–Crippen LogP) is 3.90. The van der Waals surface area contributed by atoms with Gasteiger partial charge in [-0.05, 0) is 52.0 Å². The number of benzene rings is 2. The van der Waals surface area contributed by atoms with E-state index in [1.165, 1.54) is 0 Å². The molecule has 1 aliphatic rings. The van der Waals surface area contributed by atoms with Gasteiger partial charge in [-0.1, -0.05) is 34.4 Å². The number of ketones is 1. The van der Waals surface area contributed by atoms with Crippen molar-refractivity contribution >= 4 is 17.4 Å². The average Bonchev–Trinajstić information content (AvgIpc) is 3.03. The third-order valence-electron chi connectivity index (χ3n) is 4.48. The number of amides is 1. The Labute approximate surface area is 158 Å². The van der Waals surface area contributed by atoms with E-state index < -0.39 is 6.04 Å². The summed E-state index contributed by atoms with van der Waals surface area (Å²) in [7, 11) is 0. The van der Waals surface area contributed by atoms with E-state index in [2.05, 4.69) is 11.2 Å². The zero-order valence-corrected chi connectivity index (χ0v) is 15.9. The van der Waals surface area contributed by atoms with Crippen molar-refractivity contribution in [3.05, 3.63) is 69.8 Å². The molecule has 5 nitrogen and oxygen atoms in total. The van der Waals surface area contributed by atoms with Gasteiger partial charge in [-0.15, -0.1) is 0 Å². The Hall–Kier alpha value is -3.26. The van der Waals surface area contributed by atoms with Crippen LogP contribution in [0.2, 0.25) is 0 Å². The molecule has 2 aromatic carbocycles. The lowest BCUT2D eigenvalue weighted by atomic mass is 9.99. The average molecular weight is 359 g/mol. The number of nitriles is 1. The van der Waals surface area contributed by atoms with Crippen LogP contribution in [0.4, 0.5) is 0 Å². The fourth-order valence-corrected chi connectivity index (χ4v) is 3.44.